The smallest absolute Gasteiger partial charge is 0.294 e. The highest BCUT2D eigenvalue weighted by Gasteiger charge is 2.18. The molecule has 0 atom stereocenters. The average molecular weight is 623 g/mol. The fraction of sp³-hybridized carbons (Fsp3) is 0.375. The van der Waals surface area contributed by atoms with Crippen LogP contribution in [0.5, 0.6) is 0 Å². The molecular formula is C32H46N8O5. The Morgan fingerprint density at radius 1 is 1.02 bits per heavy atom. The van der Waals surface area contributed by atoms with E-state index in [-0.39, 0.29) is 42.7 Å². The minimum Gasteiger partial charge on any atom is -0.399 e. The number of nitrogen functional groups attached to an aromatic ring is 1. The van der Waals surface area contributed by atoms with Gasteiger partial charge in [0.15, 0.2) is 11.7 Å². The van der Waals surface area contributed by atoms with Gasteiger partial charge in [0.25, 0.3) is 11.5 Å². The van der Waals surface area contributed by atoms with Gasteiger partial charge in [0.05, 0.1) is 11.9 Å². The van der Waals surface area contributed by atoms with Gasteiger partial charge < -0.3 is 37.0 Å². The Morgan fingerprint density at radius 2 is 1.67 bits per heavy atom. The third-order valence-electron chi connectivity index (χ3n) is 5.75. The number of nitrogens with one attached hydrogen (secondary N) is 3. The Kier molecular flexibility index (Phi) is 16.1. The number of nitrogens with zero attached hydrogens (tertiary/aromatic N) is 3. The number of aromatic nitrogens is 2. The highest BCUT2D eigenvalue weighted by Crippen LogP contribution is 2.23. The highest BCUT2D eigenvalue weighted by atomic mass is 16.6. The average Bonchev–Trinajstić information content (AvgIpc) is 3.02. The lowest BCUT2D eigenvalue weighted by molar-refractivity contribution is -0.121. The van der Waals surface area contributed by atoms with Crippen LogP contribution in [-0.4, -0.2) is 52.7 Å². The summed E-state index contributed by atoms with van der Waals surface area (Å²) >= 11 is 0. The SMILES string of the molecule is C=O.CC.CCO/N=C(\N)c1ccc(CNC(=O)Cn2c(-c3cc(N)cc(C(=O)NC(C)C)c3)cnc(NC(C)C)c2=O)cc1. The molecule has 244 valence electrons. The number of nitrogens with two attached hydrogens (primary N) is 2. The summed E-state index contributed by atoms with van der Waals surface area (Å²) in [4.78, 5) is 56.5. The van der Waals surface area contributed by atoms with Gasteiger partial charge in [-0.3, -0.25) is 19.0 Å². The second-order valence-corrected chi connectivity index (χ2v) is 10.0. The van der Waals surface area contributed by atoms with E-state index in [1.807, 2.05) is 67.4 Å². The molecule has 0 aliphatic carbocycles. The maximum absolute atomic E-state index is 13.4. The summed E-state index contributed by atoms with van der Waals surface area (Å²) in [7, 11) is 0. The van der Waals surface area contributed by atoms with Crippen molar-refractivity contribution >= 4 is 35.9 Å². The van der Waals surface area contributed by atoms with Crippen LogP contribution in [0.2, 0.25) is 0 Å². The molecule has 7 N–H and O–H groups in total. The van der Waals surface area contributed by atoms with E-state index in [9.17, 15) is 14.4 Å². The van der Waals surface area contributed by atoms with Crippen molar-refractivity contribution in [3.63, 3.8) is 0 Å². The Labute approximate surface area is 264 Å². The molecule has 0 bridgehead atoms. The standard InChI is InChI=1S/C29H38N8O4.C2H6.CH2O/c1-6-41-36-26(31)20-9-7-19(8-10-20)14-32-25(38)16-37-24(15-33-27(29(37)40)34-17(2)3)21-11-22(13-23(30)12-21)28(39)35-18(4)5;2*1-2/h7-13,15,17-18H,6,14,16,30H2,1-5H3,(H2,31,36)(H,32,38)(H,33,34)(H,35,39);1-2H3;1H2. The van der Waals surface area contributed by atoms with Crippen LogP contribution in [0.1, 0.15) is 70.0 Å². The largest absolute Gasteiger partial charge is 0.399 e. The van der Waals surface area contributed by atoms with Crippen LogP contribution in [0.3, 0.4) is 0 Å². The van der Waals surface area contributed by atoms with Gasteiger partial charge in [-0.2, -0.15) is 0 Å². The Bertz CT molecular complexity index is 1480. The van der Waals surface area contributed by atoms with E-state index < -0.39 is 11.5 Å². The second kappa shape index (κ2) is 19.2. The lowest BCUT2D eigenvalue weighted by Gasteiger charge is -2.17. The van der Waals surface area contributed by atoms with Crippen LogP contribution in [0.15, 0.2) is 58.6 Å². The molecule has 0 saturated carbocycles. The van der Waals surface area contributed by atoms with Gasteiger partial charge in [-0.15, -0.1) is 0 Å². The van der Waals surface area contributed by atoms with Crippen molar-refractivity contribution in [3.05, 3.63) is 75.7 Å². The summed E-state index contributed by atoms with van der Waals surface area (Å²) in [6, 6.07) is 11.9. The van der Waals surface area contributed by atoms with Gasteiger partial charge in [0, 0.05) is 41.0 Å². The molecule has 0 saturated heterocycles. The lowest BCUT2D eigenvalue weighted by Crippen LogP contribution is -2.35. The van der Waals surface area contributed by atoms with Crippen molar-refractivity contribution in [2.24, 2.45) is 10.9 Å². The van der Waals surface area contributed by atoms with Crippen LogP contribution in [-0.2, 0) is 27.5 Å². The van der Waals surface area contributed by atoms with E-state index in [2.05, 4.69) is 26.1 Å². The number of amidine groups is 1. The number of carbonyl (C=O) groups excluding carboxylic acids is 3. The Hall–Kier alpha value is -5.20. The van der Waals surface area contributed by atoms with Crippen LogP contribution in [0.25, 0.3) is 11.3 Å². The number of hydrogen-bond acceptors (Lipinski definition) is 9. The molecule has 0 spiro atoms. The number of carbonyl (C=O) groups is 3. The minimum absolute atomic E-state index is 0.0578. The van der Waals surface area contributed by atoms with E-state index >= 15 is 0 Å². The molecule has 45 heavy (non-hydrogen) atoms. The maximum atomic E-state index is 13.4. The van der Waals surface area contributed by atoms with E-state index in [0.717, 1.165) is 5.56 Å². The van der Waals surface area contributed by atoms with Crippen LogP contribution < -0.4 is 33.0 Å². The molecule has 2 aromatic carbocycles. The molecule has 0 aliphatic rings. The first-order valence-electron chi connectivity index (χ1n) is 14.7. The van der Waals surface area contributed by atoms with Crippen molar-refractivity contribution in [1.82, 2.24) is 20.2 Å². The fourth-order valence-electron chi connectivity index (χ4n) is 3.90. The zero-order valence-electron chi connectivity index (χ0n) is 27.1. The summed E-state index contributed by atoms with van der Waals surface area (Å²) in [6.07, 6.45) is 1.49. The van der Waals surface area contributed by atoms with Crippen LogP contribution >= 0.6 is 0 Å². The molecule has 0 aliphatic heterocycles. The molecule has 3 aromatic rings. The van der Waals surface area contributed by atoms with Crippen molar-refractivity contribution in [2.75, 3.05) is 17.7 Å². The van der Waals surface area contributed by atoms with Crippen LogP contribution in [0.4, 0.5) is 11.5 Å². The normalized spacial score (nSPS) is 10.6. The number of oxime groups is 1. The second-order valence-electron chi connectivity index (χ2n) is 10.0. The highest BCUT2D eigenvalue weighted by molar-refractivity contribution is 5.97. The first kappa shape index (κ1) is 37.8. The summed E-state index contributed by atoms with van der Waals surface area (Å²) in [5.41, 5.74) is 14.5. The number of amides is 2. The van der Waals surface area contributed by atoms with Gasteiger partial charge in [-0.25, -0.2) is 4.98 Å². The maximum Gasteiger partial charge on any atom is 0.294 e. The molecule has 13 nitrogen and oxygen atoms in total. The zero-order valence-corrected chi connectivity index (χ0v) is 27.1. The quantitative estimate of drug-likeness (QED) is 0.0871. The molecule has 3 rings (SSSR count). The van der Waals surface area contributed by atoms with Gasteiger partial charge in [0.2, 0.25) is 5.91 Å². The molecule has 0 fully saturated rings. The molecule has 0 radical (unpaired) electrons. The molecule has 0 unspecified atom stereocenters. The molecule has 1 aromatic heterocycles. The summed E-state index contributed by atoms with van der Waals surface area (Å²) in [6.45, 7) is 15.6. The van der Waals surface area contributed by atoms with Crippen molar-refractivity contribution in [2.45, 2.75) is 73.6 Å². The first-order chi connectivity index (χ1) is 21.5. The fourth-order valence-corrected chi connectivity index (χ4v) is 3.90. The summed E-state index contributed by atoms with van der Waals surface area (Å²) < 4.78 is 1.32. The van der Waals surface area contributed by atoms with Crippen molar-refractivity contribution < 1.29 is 19.2 Å². The van der Waals surface area contributed by atoms with Crippen LogP contribution in [0, 0.1) is 0 Å². The first-order valence-corrected chi connectivity index (χ1v) is 14.7. The molecule has 2 amide bonds. The van der Waals surface area contributed by atoms with Crippen molar-refractivity contribution in [1.29, 1.82) is 0 Å². The van der Waals surface area contributed by atoms with E-state index in [1.54, 1.807) is 30.3 Å². The topological polar surface area (TPSA) is 196 Å². The monoisotopic (exact) mass is 622 g/mol. The predicted molar refractivity (Wildman–Crippen MR) is 179 cm³/mol. The van der Waals surface area contributed by atoms with E-state index in [4.69, 9.17) is 21.1 Å². The minimum atomic E-state index is -0.477. The summed E-state index contributed by atoms with van der Waals surface area (Å²) in [5.74, 6) is -0.328. The number of anilines is 2. The number of benzene rings is 2. The Balaban J connectivity index is 0.00000243. The number of rotatable bonds is 12. The molecular weight excluding hydrogens is 576 g/mol. The van der Waals surface area contributed by atoms with E-state index in [1.165, 1.54) is 10.8 Å². The lowest BCUT2D eigenvalue weighted by atomic mass is 10.1. The molecule has 1 heterocycles. The zero-order chi connectivity index (χ0) is 34.1. The summed E-state index contributed by atoms with van der Waals surface area (Å²) in [5, 5.41) is 12.5. The van der Waals surface area contributed by atoms with E-state index in [0.29, 0.717) is 34.7 Å². The molecule has 13 heteroatoms. The van der Waals surface area contributed by atoms with Gasteiger partial charge in [-0.1, -0.05) is 43.3 Å². The van der Waals surface area contributed by atoms with Gasteiger partial charge in [0.1, 0.15) is 19.9 Å². The van der Waals surface area contributed by atoms with Crippen molar-refractivity contribution in [3.8, 4) is 11.3 Å². The Morgan fingerprint density at radius 3 is 2.24 bits per heavy atom. The van der Waals surface area contributed by atoms with Gasteiger partial charge in [-0.05, 0) is 58.4 Å². The third-order valence-corrected chi connectivity index (χ3v) is 5.75. The van der Waals surface area contributed by atoms with Gasteiger partial charge >= 0.3 is 0 Å². The number of hydrogen-bond donors (Lipinski definition) is 5. The predicted octanol–water partition coefficient (Wildman–Crippen LogP) is 3.27. The third kappa shape index (κ3) is 11.8.